The van der Waals surface area contributed by atoms with E-state index in [1.807, 2.05) is 0 Å². The highest BCUT2D eigenvalue weighted by molar-refractivity contribution is 5.50. The molecule has 2 rings (SSSR count). The van der Waals surface area contributed by atoms with Crippen LogP contribution in [0.4, 0.5) is 5.82 Å². The van der Waals surface area contributed by atoms with Gasteiger partial charge in [0, 0.05) is 6.54 Å². The van der Waals surface area contributed by atoms with Crippen LogP contribution in [-0.2, 0) is 6.42 Å². The van der Waals surface area contributed by atoms with Gasteiger partial charge in [-0.15, -0.1) is 0 Å². The minimum Gasteiger partial charge on any atom is -0.506 e. The lowest BCUT2D eigenvalue weighted by Crippen LogP contribution is -1.92. The molecule has 0 unspecified atom stereocenters. The Hall–Kier alpha value is -1.25. The predicted octanol–water partition coefficient (Wildman–Crippen LogP) is 0.755. The maximum atomic E-state index is 9.01. The summed E-state index contributed by atoms with van der Waals surface area (Å²) in [6, 6.07) is 1.75. The minimum absolute atomic E-state index is 0.252. The van der Waals surface area contributed by atoms with Crippen LogP contribution < -0.4 is 5.32 Å². The molecule has 3 heteroatoms. The highest BCUT2D eigenvalue weighted by atomic mass is 16.3. The van der Waals surface area contributed by atoms with Crippen molar-refractivity contribution in [2.45, 2.75) is 6.42 Å². The summed E-state index contributed by atoms with van der Waals surface area (Å²) in [5.74, 6) is 1.17. The van der Waals surface area contributed by atoms with E-state index in [-0.39, 0.29) is 5.75 Å². The molecule has 2 heterocycles. The molecule has 0 saturated heterocycles. The van der Waals surface area contributed by atoms with Gasteiger partial charge in [-0.1, -0.05) is 0 Å². The molecule has 2 N–H and O–H groups in total. The number of hydrogen-bond acceptors (Lipinski definition) is 3. The van der Waals surface area contributed by atoms with Crippen LogP contribution in [-0.4, -0.2) is 16.6 Å². The van der Waals surface area contributed by atoms with Crippen molar-refractivity contribution in [2.75, 3.05) is 11.9 Å². The van der Waals surface area contributed by atoms with Gasteiger partial charge in [-0.25, -0.2) is 4.98 Å². The van der Waals surface area contributed by atoms with Crippen molar-refractivity contribution < 1.29 is 5.11 Å². The number of anilines is 1. The van der Waals surface area contributed by atoms with Crippen molar-refractivity contribution in [3.8, 4) is 5.75 Å². The van der Waals surface area contributed by atoms with E-state index >= 15 is 0 Å². The number of aromatic hydroxyl groups is 1. The van der Waals surface area contributed by atoms with Crippen LogP contribution in [0.15, 0.2) is 12.3 Å². The molecule has 0 radical (unpaired) electrons. The van der Waals surface area contributed by atoms with Crippen LogP contribution in [0, 0.1) is 0 Å². The van der Waals surface area contributed by atoms with Crippen molar-refractivity contribution in [1.82, 2.24) is 4.98 Å². The van der Waals surface area contributed by atoms with Gasteiger partial charge in [-0.3, -0.25) is 0 Å². The van der Waals surface area contributed by atoms with Gasteiger partial charge in [-0.05, 0) is 18.1 Å². The Morgan fingerprint density at radius 2 is 2.50 bits per heavy atom. The lowest BCUT2D eigenvalue weighted by Gasteiger charge is -1.96. The zero-order valence-corrected chi connectivity index (χ0v) is 5.46. The average molecular weight is 136 g/mol. The first-order valence-electron chi connectivity index (χ1n) is 3.28. The smallest absolute Gasteiger partial charge is 0.134 e. The predicted molar refractivity (Wildman–Crippen MR) is 38.1 cm³/mol. The molecule has 1 aromatic heterocycles. The second kappa shape index (κ2) is 1.87. The van der Waals surface area contributed by atoms with E-state index < -0.39 is 0 Å². The summed E-state index contributed by atoms with van der Waals surface area (Å²) in [5.41, 5.74) is 1.11. The molecular formula is C7H8N2O. The van der Waals surface area contributed by atoms with E-state index in [0.29, 0.717) is 0 Å². The first-order valence-corrected chi connectivity index (χ1v) is 3.28. The second-order valence-corrected chi connectivity index (χ2v) is 2.38. The van der Waals surface area contributed by atoms with Gasteiger partial charge in [-0.2, -0.15) is 0 Å². The van der Waals surface area contributed by atoms with Gasteiger partial charge in [0.2, 0.25) is 0 Å². The lowest BCUT2D eigenvalue weighted by molar-refractivity contribution is 0.472. The second-order valence-electron chi connectivity index (χ2n) is 2.38. The molecule has 3 nitrogen and oxygen atoms in total. The molecule has 1 aromatic rings. The quantitative estimate of drug-likeness (QED) is 0.553. The number of fused-ring (bicyclic) bond motifs is 1. The van der Waals surface area contributed by atoms with Gasteiger partial charge in [0.25, 0.3) is 0 Å². The zero-order chi connectivity index (χ0) is 6.97. The Morgan fingerprint density at radius 3 is 3.40 bits per heavy atom. The molecule has 52 valence electrons. The molecule has 0 atom stereocenters. The lowest BCUT2D eigenvalue weighted by atomic mass is 10.2. The summed E-state index contributed by atoms with van der Waals surface area (Å²) in [5, 5.41) is 12.1. The number of nitrogens with zero attached hydrogens (tertiary/aromatic N) is 1. The standard InChI is InChI=1S/C7H8N2O/c10-6-3-5-1-2-8-7(5)9-4-6/h3-4,10H,1-2H2,(H,8,9). The monoisotopic (exact) mass is 136 g/mol. The highest BCUT2D eigenvalue weighted by Gasteiger charge is 2.10. The van der Waals surface area contributed by atoms with E-state index in [1.165, 1.54) is 6.20 Å². The summed E-state index contributed by atoms with van der Waals surface area (Å²) in [6.45, 7) is 0.936. The Balaban J connectivity index is 2.52. The van der Waals surface area contributed by atoms with E-state index in [1.54, 1.807) is 6.07 Å². The molecule has 10 heavy (non-hydrogen) atoms. The minimum atomic E-state index is 0.252. The van der Waals surface area contributed by atoms with Crippen LogP contribution in [0.25, 0.3) is 0 Å². The van der Waals surface area contributed by atoms with Crippen LogP contribution in [0.2, 0.25) is 0 Å². The van der Waals surface area contributed by atoms with Gasteiger partial charge in [0.1, 0.15) is 11.6 Å². The zero-order valence-electron chi connectivity index (χ0n) is 5.46. The third-order valence-electron chi connectivity index (χ3n) is 1.64. The van der Waals surface area contributed by atoms with Gasteiger partial charge < -0.3 is 10.4 Å². The first kappa shape index (κ1) is 5.53. The van der Waals surface area contributed by atoms with Crippen LogP contribution in [0.3, 0.4) is 0 Å². The van der Waals surface area contributed by atoms with Crippen molar-refractivity contribution in [1.29, 1.82) is 0 Å². The van der Waals surface area contributed by atoms with E-state index in [9.17, 15) is 0 Å². The molecule has 0 bridgehead atoms. The number of hydrogen-bond donors (Lipinski definition) is 2. The van der Waals surface area contributed by atoms with Crippen molar-refractivity contribution >= 4 is 5.82 Å². The fourth-order valence-electron chi connectivity index (χ4n) is 1.16. The van der Waals surface area contributed by atoms with Crippen LogP contribution in [0.5, 0.6) is 5.75 Å². The normalized spacial score (nSPS) is 14.4. The topological polar surface area (TPSA) is 45.2 Å². The first-order chi connectivity index (χ1) is 4.86. The Morgan fingerprint density at radius 1 is 1.60 bits per heavy atom. The third-order valence-corrected chi connectivity index (χ3v) is 1.64. The molecule has 0 amide bonds. The third kappa shape index (κ3) is 0.708. The molecule has 0 aliphatic carbocycles. The molecule has 0 aromatic carbocycles. The Kier molecular flexibility index (Phi) is 1.03. The van der Waals surface area contributed by atoms with Gasteiger partial charge in [0.15, 0.2) is 0 Å². The SMILES string of the molecule is Oc1cnc2c(c1)CCN2. The Bertz CT molecular complexity index is 260. The number of pyridine rings is 1. The van der Waals surface area contributed by atoms with E-state index in [0.717, 1.165) is 24.3 Å². The van der Waals surface area contributed by atoms with Crippen molar-refractivity contribution in [3.63, 3.8) is 0 Å². The van der Waals surface area contributed by atoms with E-state index in [2.05, 4.69) is 10.3 Å². The Labute approximate surface area is 58.7 Å². The molecule has 0 spiro atoms. The molecule has 0 saturated carbocycles. The molecule has 0 fully saturated rings. The summed E-state index contributed by atoms with van der Waals surface area (Å²) in [6.07, 6.45) is 2.42. The summed E-state index contributed by atoms with van der Waals surface area (Å²) < 4.78 is 0. The van der Waals surface area contributed by atoms with Crippen molar-refractivity contribution in [2.24, 2.45) is 0 Å². The maximum absolute atomic E-state index is 9.01. The number of nitrogens with one attached hydrogen (secondary N) is 1. The average Bonchev–Trinajstić information content (AvgIpc) is 2.33. The maximum Gasteiger partial charge on any atom is 0.134 e. The van der Waals surface area contributed by atoms with E-state index in [4.69, 9.17) is 5.11 Å². The largest absolute Gasteiger partial charge is 0.506 e. The highest BCUT2D eigenvalue weighted by Crippen LogP contribution is 2.22. The number of rotatable bonds is 0. The summed E-state index contributed by atoms with van der Waals surface area (Å²) in [7, 11) is 0. The van der Waals surface area contributed by atoms with Crippen LogP contribution >= 0.6 is 0 Å². The van der Waals surface area contributed by atoms with Crippen LogP contribution in [0.1, 0.15) is 5.56 Å². The molecule has 1 aliphatic heterocycles. The summed E-state index contributed by atoms with van der Waals surface area (Å²) >= 11 is 0. The molecule has 1 aliphatic rings. The summed E-state index contributed by atoms with van der Waals surface area (Å²) in [4.78, 5) is 4.00. The fraction of sp³-hybridized carbons (Fsp3) is 0.286. The van der Waals surface area contributed by atoms with Gasteiger partial charge >= 0.3 is 0 Å². The van der Waals surface area contributed by atoms with Gasteiger partial charge in [0.05, 0.1) is 6.20 Å². The molecular weight excluding hydrogens is 128 g/mol. The van der Waals surface area contributed by atoms with Crippen molar-refractivity contribution in [3.05, 3.63) is 17.8 Å². The fourth-order valence-corrected chi connectivity index (χ4v) is 1.16. The number of aromatic nitrogens is 1.